The molecule has 2 atom stereocenters. The second-order valence-electron chi connectivity index (χ2n) is 4.41. The molecule has 0 saturated heterocycles. The molecule has 0 fully saturated rings. The molecule has 0 saturated carbocycles. The largest absolute Gasteiger partial charge is 0.395 e. The lowest BCUT2D eigenvalue weighted by Crippen LogP contribution is -2.44. The number of nitrogens with two attached hydrogens (primary N) is 1. The van der Waals surface area contributed by atoms with E-state index in [4.69, 9.17) is 10.8 Å². The summed E-state index contributed by atoms with van der Waals surface area (Å²) in [6.07, 6.45) is 1.44. The predicted molar refractivity (Wildman–Crippen MR) is 69.9 cm³/mol. The molecule has 19 heavy (non-hydrogen) atoms. The summed E-state index contributed by atoms with van der Waals surface area (Å²) in [5, 5.41) is 9.06. The fraction of sp³-hybridized carbons (Fsp3) is 0.615. The van der Waals surface area contributed by atoms with Crippen LogP contribution in [0.3, 0.4) is 0 Å². The molecule has 0 aliphatic heterocycles. The Morgan fingerprint density at radius 1 is 1.37 bits per heavy atom. The molecule has 1 rings (SSSR count). The zero-order chi connectivity index (χ0) is 14.3. The first-order chi connectivity index (χ1) is 9.10. The first-order valence-corrected chi connectivity index (χ1v) is 6.38. The van der Waals surface area contributed by atoms with E-state index in [-0.39, 0.29) is 25.2 Å². The highest BCUT2D eigenvalue weighted by molar-refractivity contribution is 5.17. The van der Waals surface area contributed by atoms with Gasteiger partial charge in [0, 0.05) is 25.0 Å². The van der Waals surface area contributed by atoms with Gasteiger partial charge in [-0.05, 0) is 24.1 Å². The summed E-state index contributed by atoms with van der Waals surface area (Å²) in [6.45, 7) is 1.51. The second kappa shape index (κ2) is 8.14. The standard InChI is InChI=1S/C13H21F2N3O/c1-2-11(16)13(10-3-5-17-6-4-10)18(7-8-19)9-12(14)15/h3-6,11-13,19H,2,7-9,16H2,1H3. The summed E-state index contributed by atoms with van der Waals surface area (Å²) in [7, 11) is 0. The van der Waals surface area contributed by atoms with Gasteiger partial charge in [0.15, 0.2) is 0 Å². The van der Waals surface area contributed by atoms with Crippen molar-refractivity contribution in [3.8, 4) is 0 Å². The van der Waals surface area contributed by atoms with Crippen LogP contribution in [0.2, 0.25) is 0 Å². The number of alkyl halides is 2. The van der Waals surface area contributed by atoms with Crippen molar-refractivity contribution in [3.63, 3.8) is 0 Å². The Bertz CT molecular complexity index is 351. The average Bonchev–Trinajstić information content (AvgIpc) is 2.39. The second-order valence-corrected chi connectivity index (χ2v) is 4.41. The predicted octanol–water partition coefficient (Wildman–Crippen LogP) is 1.42. The molecule has 0 aromatic carbocycles. The van der Waals surface area contributed by atoms with Crippen LogP contribution in [0.1, 0.15) is 24.9 Å². The smallest absolute Gasteiger partial charge is 0.251 e. The van der Waals surface area contributed by atoms with Crippen molar-refractivity contribution < 1.29 is 13.9 Å². The van der Waals surface area contributed by atoms with Crippen LogP contribution in [-0.2, 0) is 0 Å². The molecule has 0 amide bonds. The number of pyridine rings is 1. The lowest BCUT2D eigenvalue weighted by molar-refractivity contribution is 0.0466. The van der Waals surface area contributed by atoms with E-state index in [0.717, 1.165) is 5.56 Å². The normalized spacial score (nSPS) is 14.9. The molecule has 1 aromatic heterocycles. The Morgan fingerprint density at radius 3 is 2.47 bits per heavy atom. The van der Waals surface area contributed by atoms with E-state index in [1.54, 1.807) is 24.5 Å². The third kappa shape index (κ3) is 4.81. The summed E-state index contributed by atoms with van der Waals surface area (Å²) in [6, 6.07) is 2.94. The molecule has 2 unspecified atom stereocenters. The van der Waals surface area contributed by atoms with Crippen LogP contribution in [0.15, 0.2) is 24.5 Å². The quantitative estimate of drug-likeness (QED) is 0.752. The van der Waals surface area contributed by atoms with E-state index >= 15 is 0 Å². The van der Waals surface area contributed by atoms with Gasteiger partial charge >= 0.3 is 0 Å². The Labute approximate surface area is 112 Å². The van der Waals surface area contributed by atoms with Crippen LogP contribution < -0.4 is 5.73 Å². The van der Waals surface area contributed by atoms with Gasteiger partial charge in [0.05, 0.1) is 19.2 Å². The first kappa shape index (κ1) is 15.9. The minimum Gasteiger partial charge on any atom is -0.395 e. The van der Waals surface area contributed by atoms with Crippen LogP contribution >= 0.6 is 0 Å². The fourth-order valence-corrected chi connectivity index (χ4v) is 2.16. The van der Waals surface area contributed by atoms with Crippen LogP contribution in [0, 0.1) is 0 Å². The Hall–Kier alpha value is -1.11. The van der Waals surface area contributed by atoms with Gasteiger partial charge in [0.2, 0.25) is 0 Å². The third-order valence-electron chi connectivity index (χ3n) is 3.08. The van der Waals surface area contributed by atoms with E-state index in [1.807, 2.05) is 6.92 Å². The van der Waals surface area contributed by atoms with Gasteiger partial charge in [0.1, 0.15) is 0 Å². The number of aliphatic hydroxyl groups is 1. The highest BCUT2D eigenvalue weighted by atomic mass is 19.3. The van der Waals surface area contributed by atoms with E-state index in [2.05, 4.69) is 4.98 Å². The number of hydrogen-bond acceptors (Lipinski definition) is 4. The Balaban J connectivity index is 2.99. The van der Waals surface area contributed by atoms with E-state index in [1.165, 1.54) is 4.90 Å². The molecule has 108 valence electrons. The molecular weight excluding hydrogens is 252 g/mol. The van der Waals surface area contributed by atoms with Crippen molar-refractivity contribution in [1.29, 1.82) is 0 Å². The number of hydrogen-bond donors (Lipinski definition) is 2. The monoisotopic (exact) mass is 273 g/mol. The maximum atomic E-state index is 12.7. The molecule has 0 spiro atoms. The van der Waals surface area contributed by atoms with E-state index < -0.39 is 13.0 Å². The van der Waals surface area contributed by atoms with Gasteiger partial charge in [-0.1, -0.05) is 6.92 Å². The molecule has 1 heterocycles. The molecular formula is C13H21F2N3O. The van der Waals surface area contributed by atoms with Crippen LogP contribution in [0.4, 0.5) is 8.78 Å². The summed E-state index contributed by atoms with van der Waals surface area (Å²) < 4.78 is 25.4. The summed E-state index contributed by atoms with van der Waals surface area (Å²) >= 11 is 0. The molecule has 1 aromatic rings. The van der Waals surface area contributed by atoms with Gasteiger partial charge in [-0.2, -0.15) is 0 Å². The van der Waals surface area contributed by atoms with Gasteiger partial charge < -0.3 is 10.8 Å². The molecule has 0 aliphatic carbocycles. The van der Waals surface area contributed by atoms with Gasteiger partial charge in [-0.3, -0.25) is 9.88 Å². The van der Waals surface area contributed by atoms with Crippen molar-refractivity contribution in [2.75, 3.05) is 19.7 Å². The number of aliphatic hydroxyl groups excluding tert-OH is 1. The maximum Gasteiger partial charge on any atom is 0.251 e. The van der Waals surface area contributed by atoms with Crippen LogP contribution in [0.5, 0.6) is 0 Å². The van der Waals surface area contributed by atoms with Gasteiger partial charge in [-0.25, -0.2) is 8.78 Å². The summed E-state index contributed by atoms with van der Waals surface area (Å²) in [4.78, 5) is 5.46. The third-order valence-corrected chi connectivity index (χ3v) is 3.08. The zero-order valence-electron chi connectivity index (χ0n) is 11.0. The average molecular weight is 273 g/mol. The van der Waals surface area contributed by atoms with E-state index in [9.17, 15) is 8.78 Å². The molecule has 0 bridgehead atoms. The van der Waals surface area contributed by atoms with E-state index in [0.29, 0.717) is 6.42 Å². The number of rotatable bonds is 8. The lowest BCUT2D eigenvalue weighted by atomic mass is 9.97. The minimum absolute atomic E-state index is 0.172. The van der Waals surface area contributed by atoms with Gasteiger partial charge in [0.25, 0.3) is 6.43 Å². The van der Waals surface area contributed by atoms with Crippen molar-refractivity contribution in [2.45, 2.75) is 31.9 Å². The summed E-state index contributed by atoms with van der Waals surface area (Å²) in [5.74, 6) is 0. The molecule has 0 aliphatic rings. The minimum atomic E-state index is -2.46. The fourth-order valence-electron chi connectivity index (χ4n) is 2.16. The topological polar surface area (TPSA) is 62.4 Å². The highest BCUT2D eigenvalue weighted by Gasteiger charge is 2.27. The number of aromatic nitrogens is 1. The van der Waals surface area contributed by atoms with Crippen LogP contribution in [0.25, 0.3) is 0 Å². The molecule has 4 nitrogen and oxygen atoms in total. The van der Waals surface area contributed by atoms with Crippen molar-refractivity contribution in [1.82, 2.24) is 9.88 Å². The van der Waals surface area contributed by atoms with Gasteiger partial charge in [-0.15, -0.1) is 0 Å². The number of nitrogens with zero attached hydrogens (tertiary/aromatic N) is 2. The van der Waals surface area contributed by atoms with Crippen molar-refractivity contribution >= 4 is 0 Å². The highest BCUT2D eigenvalue weighted by Crippen LogP contribution is 2.25. The zero-order valence-corrected chi connectivity index (χ0v) is 11.0. The maximum absolute atomic E-state index is 12.7. The lowest BCUT2D eigenvalue weighted by Gasteiger charge is -2.35. The number of halogens is 2. The SMILES string of the molecule is CCC(N)C(c1ccncc1)N(CCO)CC(F)F. The van der Waals surface area contributed by atoms with Crippen molar-refractivity contribution in [2.24, 2.45) is 5.73 Å². The summed E-state index contributed by atoms with van der Waals surface area (Å²) in [5.41, 5.74) is 6.91. The molecule has 6 heteroatoms. The Morgan fingerprint density at radius 2 is 2.00 bits per heavy atom. The molecule has 0 radical (unpaired) electrons. The first-order valence-electron chi connectivity index (χ1n) is 6.38. The van der Waals surface area contributed by atoms with Crippen LogP contribution in [-0.4, -0.2) is 47.2 Å². The van der Waals surface area contributed by atoms with Crippen molar-refractivity contribution in [3.05, 3.63) is 30.1 Å². The Kier molecular flexibility index (Phi) is 6.83. The molecule has 3 N–H and O–H groups in total.